The van der Waals surface area contributed by atoms with Crippen LogP contribution in [0, 0.1) is 29.1 Å². The van der Waals surface area contributed by atoms with Gasteiger partial charge in [0.25, 0.3) is 0 Å². The maximum Gasteiger partial charge on any atom is 0.0428 e. The van der Waals surface area contributed by atoms with Gasteiger partial charge < -0.3 is 37.2 Å². The lowest BCUT2D eigenvalue weighted by atomic mass is 9.64. The highest BCUT2D eigenvalue weighted by Gasteiger charge is 2.41. The molecule has 0 radical (unpaired) electrons. The van der Waals surface area contributed by atoms with Crippen LogP contribution in [-0.2, 0) is 0 Å². The Balaban J connectivity index is -0.000000531. The van der Waals surface area contributed by atoms with Crippen LogP contribution in [0.3, 0.4) is 0 Å². The Hall–Kier alpha value is 0.01000. The lowest BCUT2D eigenvalue weighted by Gasteiger charge is -2.49. The Morgan fingerprint density at radius 3 is 1.92 bits per heavy atom. The van der Waals surface area contributed by atoms with Crippen molar-refractivity contribution < 1.29 is 27.0 Å². The topological polar surface area (TPSA) is 162 Å². The molecule has 3 rings (SSSR count). The molecule has 36 heavy (non-hydrogen) atoms. The third-order valence-electron chi connectivity index (χ3n) is 8.29. The van der Waals surface area contributed by atoms with Crippen LogP contribution in [0.25, 0.3) is 0 Å². The Kier molecular flexibility index (Phi) is 26.2. The third kappa shape index (κ3) is 14.2. The summed E-state index contributed by atoms with van der Waals surface area (Å²) >= 11 is 6.36. The average molecular weight is 545 g/mol. The van der Waals surface area contributed by atoms with Gasteiger partial charge in [-0.2, -0.15) is 0 Å². The van der Waals surface area contributed by atoms with Crippen LogP contribution in [-0.4, -0.2) is 76.1 Å². The van der Waals surface area contributed by atoms with Gasteiger partial charge in [-0.15, -0.1) is 11.6 Å². The molecule has 1 unspecified atom stereocenters. The lowest BCUT2D eigenvalue weighted by molar-refractivity contribution is 0.00468. The second kappa shape index (κ2) is 21.9. The molecule has 224 valence electrons. The zero-order chi connectivity index (χ0) is 22.9. The highest BCUT2D eigenvalue weighted by atomic mass is 35.5. The van der Waals surface area contributed by atoms with Gasteiger partial charge in [0.2, 0.25) is 0 Å². The normalized spacial score (nSPS) is 26.5. The first-order valence-electron chi connectivity index (χ1n) is 13.5. The zero-order valence-corrected chi connectivity index (χ0v) is 24.1. The lowest BCUT2D eigenvalue weighted by Crippen LogP contribution is -2.53. The second-order valence-corrected chi connectivity index (χ2v) is 12.4. The summed E-state index contributed by atoms with van der Waals surface area (Å²) in [4.78, 5) is 2.77. The summed E-state index contributed by atoms with van der Waals surface area (Å²) in [7, 11) is 0. The van der Waals surface area contributed by atoms with E-state index in [9.17, 15) is 0 Å². The van der Waals surface area contributed by atoms with Crippen molar-refractivity contribution in [2.45, 2.75) is 118 Å². The third-order valence-corrected chi connectivity index (χ3v) is 8.72. The number of nitrogens with zero attached hydrogens (tertiary/aromatic N) is 1. The van der Waals surface area contributed by atoms with Crippen molar-refractivity contribution in [3.8, 4) is 0 Å². The summed E-state index contributed by atoms with van der Waals surface area (Å²) in [6.07, 6.45) is 13.3. The van der Waals surface area contributed by atoms with Crippen LogP contribution in [0.15, 0.2) is 0 Å². The van der Waals surface area contributed by atoms with Gasteiger partial charge in [-0.05, 0) is 93.5 Å². The molecule has 0 aromatic carbocycles. The highest BCUT2D eigenvalue weighted by molar-refractivity contribution is 6.20. The van der Waals surface area contributed by atoms with Gasteiger partial charge in [0, 0.05) is 31.1 Å². The largest absolute Gasteiger partial charge is 0.412 e. The summed E-state index contributed by atoms with van der Waals surface area (Å²) in [6.45, 7) is 17.2. The molecule has 0 aromatic heterocycles. The number of hydrogen-bond acceptors (Lipinski definition) is 3. The standard InChI is InChI=1S/C24H45ClN2.C3H8O.CH4.4H2O/c1-18(2)23(26-15-19-7-5-6-8-19)16-27-14-13-22(24(3,4)17-27)20-9-11-21(25)12-10-20;1-2-3-4;;;;;/h18-23,26H,5-17H2,1-4H3;4H,2-3H2,1H3;1H4;4*1H2/t20?,21?,22?,23-;;;;;;/m0....../s1. The van der Waals surface area contributed by atoms with E-state index in [-0.39, 0.29) is 29.3 Å². The van der Waals surface area contributed by atoms with E-state index >= 15 is 0 Å². The van der Waals surface area contributed by atoms with Gasteiger partial charge in [0.05, 0.1) is 0 Å². The van der Waals surface area contributed by atoms with Crippen molar-refractivity contribution in [3.63, 3.8) is 0 Å². The molecule has 0 spiro atoms. The van der Waals surface area contributed by atoms with Gasteiger partial charge in [-0.25, -0.2) is 0 Å². The minimum absolute atomic E-state index is 0. The molecule has 0 amide bonds. The Bertz CT molecular complexity index is 483. The van der Waals surface area contributed by atoms with Crippen molar-refractivity contribution >= 4 is 11.6 Å². The Morgan fingerprint density at radius 1 is 0.944 bits per heavy atom. The molecule has 2 atom stereocenters. The number of alkyl halides is 1. The molecule has 0 bridgehead atoms. The van der Waals surface area contributed by atoms with Crippen LogP contribution < -0.4 is 5.32 Å². The van der Waals surface area contributed by atoms with Crippen molar-refractivity contribution in [3.05, 3.63) is 0 Å². The molecule has 1 heterocycles. The number of rotatable bonds is 8. The maximum absolute atomic E-state index is 7.88. The molecule has 10 N–H and O–H groups in total. The van der Waals surface area contributed by atoms with E-state index in [0.717, 1.165) is 24.2 Å². The second-order valence-electron chi connectivity index (χ2n) is 11.8. The van der Waals surface area contributed by atoms with Crippen LogP contribution >= 0.6 is 11.6 Å². The Morgan fingerprint density at radius 2 is 1.47 bits per heavy atom. The number of piperidine rings is 1. The van der Waals surface area contributed by atoms with Gasteiger partial charge in [0.1, 0.15) is 0 Å². The highest BCUT2D eigenvalue weighted by Crippen LogP contribution is 2.45. The summed E-state index contributed by atoms with van der Waals surface area (Å²) in [5.74, 6) is 3.46. The zero-order valence-electron chi connectivity index (χ0n) is 23.3. The van der Waals surface area contributed by atoms with Gasteiger partial charge >= 0.3 is 0 Å². The van der Waals surface area contributed by atoms with E-state index in [1.54, 1.807) is 0 Å². The van der Waals surface area contributed by atoms with E-state index in [2.05, 4.69) is 37.9 Å². The quantitative estimate of drug-likeness (QED) is 0.446. The number of halogens is 1. The fraction of sp³-hybridized carbons (Fsp3) is 1.00. The van der Waals surface area contributed by atoms with Crippen LogP contribution in [0.2, 0.25) is 0 Å². The van der Waals surface area contributed by atoms with Crippen molar-refractivity contribution in [1.82, 2.24) is 10.2 Å². The molecule has 2 saturated carbocycles. The average Bonchev–Trinajstić information content (AvgIpc) is 3.25. The molecular formula is C28H65ClN2O5. The van der Waals surface area contributed by atoms with E-state index in [0.29, 0.717) is 29.4 Å². The number of nitrogens with one attached hydrogen (secondary N) is 1. The summed E-state index contributed by atoms with van der Waals surface area (Å²) < 4.78 is 0. The van der Waals surface area contributed by atoms with Crippen LogP contribution in [0.1, 0.15) is 106 Å². The molecule has 2 aliphatic carbocycles. The fourth-order valence-electron chi connectivity index (χ4n) is 6.32. The van der Waals surface area contributed by atoms with Gasteiger partial charge in [-0.1, -0.05) is 54.9 Å². The molecule has 3 fully saturated rings. The van der Waals surface area contributed by atoms with E-state index in [1.165, 1.54) is 84.0 Å². The molecule has 3 aliphatic rings. The van der Waals surface area contributed by atoms with E-state index < -0.39 is 0 Å². The number of aliphatic hydroxyl groups is 1. The Labute approximate surface area is 228 Å². The fourth-order valence-corrected chi connectivity index (χ4v) is 6.57. The minimum Gasteiger partial charge on any atom is -0.412 e. The molecule has 0 aromatic rings. The molecule has 7 nitrogen and oxygen atoms in total. The van der Waals surface area contributed by atoms with Gasteiger partial charge in [-0.3, -0.25) is 0 Å². The SMILES string of the molecule is C.CC(C)[C@H](CN1CCC(C2CCC(Cl)CC2)C(C)(C)C1)NCC1CCCC1.CCCO.O.O.O.O. The van der Waals surface area contributed by atoms with Crippen LogP contribution in [0.4, 0.5) is 0 Å². The summed E-state index contributed by atoms with van der Waals surface area (Å²) in [5.41, 5.74) is 0.440. The number of aliphatic hydroxyl groups excluding tert-OH is 1. The molecular weight excluding hydrogens is 480 g/mol. The molecule has 8 heteroatoms. The number of likely N-dealkylation sites (tertiary alicyclic amines) is 1. The van der Waals surface area contributed by atoms with E-state index in [1.807, 2.05) is 6.92 Å². The monoisotopic (exact) mass is 544 g/mol. The first-order chi connectivity index (χ1) is 14.8. The first-order valence-corrected chi connectivity index (χ1v) is 13.9. The maximum atomic E-state index is 7.88. The summed E-state index contributed by atoms with van der Waals surface area (Å²) in [5, 5.41) is 12.3. The molecule has 1 saturated heterocycles. The minimum atomic E-state index is 0. The first kappa shape index (κ1) is 43.1. The number of hydrogen-bond donors (Lipinski definition) is 2. The van der Waals surface area contributed by atoms with Gasteiger partial charge in [0.15, 0.2) is 0 Å². The summed E-state index contributed by atoms with van der Waals surface area (Å²) in [6, 6.07) is 0.643. The molecule has 1 aliphatic heterocycles. The van der Waals surface area contributed by atoms with Crippen molar-refractivity contribution in [1.29, 1.82) is 0 Å². The van der Waals surface area contributed by atoms with Crippen molar-refractivity contribution in [2.24, 2.45) is 29.1 Å². The van der Waals surface area contributed by atoms with E-state index in [4.69, 9.17) is 16.7 Å². The van der Waals surface area contributed by atoms with Crippen LogP contribution in [0.5, 0.6) is 0 Å². The predicted octanol–water partition coefficient (Wildman–Crippen LogP) is 3.66. The van der Waals surface area contributed by atoms with Crippen molar-refractivity contribution in [2.75, 3.05) is 32.8 Å². The smallest absolute Gasteiger partial charge is 0.0428 e. The predicted molar refractivity (Wildman–Crippen MR) is 157 cm³/mol.